The number of rotatable bonds is 7. The molecule has 0 heterocycles. The van der Waals surface area contributed by atoms with Crippen molar-refractivity contribution >= 4 is 17.6 Å². The first-order valence-electron chi connectivity index (χ1n) is 8.32. The van der Waals surface area contributed by atoms with Crippen LogP contribution < -0.4 is 4.90 Å². The molecule has 1 saturated carbocycles. The van der Waals surface area contributed by atoms with Crippen molar-refractivity contribution in [3.63, 3.8) is 0 Å². The second-order valence-corrected chi connectivity index (χ2v) is 6.25. The van der Waals surface area contributed by atoms with Crippen molar-refractivity contribution < 1.29 is 14.7 Å². The summed E-state index contributed by atoms with van der Waals surface area (Å²) in [4.78, 5) is 25.9. The molecule has 0 spiro atoms. The summed E-state index contributed by atoms with van der Waals surface area (Å²) < 4.78 is 0. The average Bonchev–Trinajstić information content (AvgIpc) is 3.42. The zero-order valence-corrected chi connectivity index (χ0v) is 13.5. The smallest absolute Gasteiger partial charge is 0.335 e. The van der Waals surface area contributed by atoms with Crippen molar-refractivity contribution in [1.82, 2.24) is 0 Å². The van der Waals surface area contributed by atoms with Crippen LogP contribution in [0.1, 0.15) is 35.2 Å². The summed E-state index contributed by atoms with van der Waals surface area (Å²) in [5.74, 6) is -0.301. The van der Waals surface area contributed by atoms with Gasteiger partial charge in [0.2, 0.25) is 5.91 Å². The molecular weight excluding hydrogens is 302 g/mol. The van der Waals surface area contributed by atoms with Gasteiger partial charge < -0.3 is 10.0 Å². The molecule has 0 unspecified atom stereocenters. The molecule has 1 fully saturated rings. The minimum atomic E-state index is -0.948. The maximum absolute atomic E-state index is 12.7. The number of carboxylic acids is 1. The molecule has 4 heteroatoms. The number of aromatic carboxylic acids is 1. The van der Waals surface area contributed by atoms with E-state index in [9.17, 15) is 14.7 Å². The van der Waals surface area contributed by atoms with Crippen molar-refractivity contribution in [3.05, 3.63) is 65.7 Å². The Labute approximate surface area is 141 Å². The standard InChI is InChI=1S/C20H21NO3/c22-19(13-12-16-6-4-5-9-18(16)20(23)24)21(14-15-10-11-15)17-7-2-1-3-8-17/h1-9,15H,10-14H2,(H,23,24). The number of hydrogen-bond donors (Lipinski definition) is 1. The SMILES string of the molecule is O=C(O)c1ccccc1CCC(=O)N(CC1CC1)c1ccccc1. The topological polar surface area (TPSA) is 57.6 Å². The molecule has 2 aromatic rings. The first-order valence-corrected chi connectivity index (χ1v) is 8.32. The zero-order chi connectivity index (χ0) is 16.9. The Morgan fingerprint density at radius 3 is 2.33 bits per heavy atom. The van der Waals surface area contributed by atoms with Gasteiger partial charge >= 0.3 is 5.97 Å². The Kier molecular flexibility index (Phi) is 4.94. The van der Waals surface area contributed by atoms with Crippen LogP contribution in [0, 0.1) is 5.92 Å². The highest BCUT2D eigenvalue weighted by molar-refractivity contribution is 5.94. The van der Waals surface area contributed by atoms with Crippen molar-refractivity contribution in [2.45, 2.75) is 25.7 Å². The predicted octanol–water partition coefficient (Wildman–Crippen LogP) is 3.76. The Morgan fingerprint density at radius 2 is 1.67 bits per heavy atom. The van der Waals surface area contributed by atoms with Gasteiger partial charge in [-0.3, -0.25) is 4.79 Å². The van der Waals surface area contributed by atoms with Gasteiger partial charge in [0, 0.05) is 18.7 Å². The molecule has 0 aliphatic heterocycles. The molecule has 2 aromatic carbocycles. The van der Waals surface area contributed by atoms with Gasteiger partial charge in [-0.05, 0) is 48.9 Å². The Morgan fingerprint density at radius 1 is 1.00 bits per heavy atom. The molecule has 24 heavy (non-hydrogen) atoms. The highest BCUT2D eigenvalue weighted by Gasteiger charge is 2.27. The van der Waals surface area contributed by atoms with Crippen molar-refractivity contribution in [2.75, 3.05) is 11.4 Å². The summed E-state index contributed by atoms with van der Waals surface area (Å²) >= 11 is 0. The van der Waals surface area contributed by atoms with E-state index in [1.165, 1.54) is 12.8 Å². The maximum Gasteiger partial charge on any atom is 0.335 e. The molecular formula is C20H21NO3. The molecule has 124 valence electrons. The van der Waals surface area contributed by atoms with E-state index >= 15 is 0 Å². The van der Waals surface area contributed by atoms with Gasteiger partial charge in [0.25, 0.3) is 0 Å². The number of amides is 1. The van der Waals surface area contributed by atoms with Crippen molar-refractivity contribution in [2.24, 2.45) is 5.92 Å². The number of hydrogen-bond acceptors (Lipinski definition) is 2. The van der Waals surface area contributed by atoms with E-state index < -0.39 is 5.97 Å². The van der Waals surface area contributed by atoms with E-state index in [1.54, 1.807) is 18.2 Å². The second kappa shape index (κ2) is 7.30. The number of anilines is 1. The van der Waals surface area contributed by atoms with E-state index in [1.807, 2.05) is 41.3 Å². The lowest BCUT2D eigenvalue weighted by molar-refractivity contribution is -0.118. The van der Waals surface area contributed by atoms with Gasteiger partial charge in [-0.25, -0.2) is 4.79 Å². The first-order chi connectivity index (χ1) is 11.6. The maximum atomic E-state index is 12.7. The molecule has 1 aliphatic rings. The third-order valence-electron chi connectivity index (χ3n) is 4.36. The quantitative estimate of drug-likeness (QED) is 0.844. The molecule has 1 amide bonds. The largest absolute Gasteiger partial charge is 0.478 e. The number of benzene rings is 2. The fourth-order valence-electron chi connectivity index (χ4n) is 2.84. The van der Waals surface area contributed by atoms with Crippen LogP contribution in [0.25, 0.3) is 0 Å². The zero-order valence-electron chi connectivity index (χ0n) is 13.5. The predicted molar refractivity (Wildman–Crippen MR) is 93.2 cm³/mol. The Hall–Kier alpha value is -2.62. The number of carbonyl (C=O) groups is 2. The number of carbonyl (C=O) groups excluding carboxylic acids is 1. The molecule has 1 aliphatic carbocycles. The number of carboxylic acid groups (broad SMARTS) is 1. The number of nitrogens with zero attached hydrogens (tertiary/aromatic N) is 1. The Bertz CT molecular complexity index is 723. The molecule has 4 nitrogen and oxygen atoms in total. The molecule has 3 rings (SSSR count). The van der Waals surface area contributed by atoms with Gasteiger partial charge in [-0.1, -0.05) is 36.4 Å². The van der Waals surface area contributed by atoms with Gasteiger partial charge in [0.05, 0.1) is 5.56 Å². The first kappa shape index (κ1) is 16.2. The fourth-order valence-corrected chi connectivity index (χ4v) is 2.84. The summed E-state index contributed by atoms with van der Waals surface area (Å²) in [5.41, 5.74) is 1.90. The molecule has 0 atom stereocenters. The van der Waals surface area contributed by atoms with Crippen LogP contribution >= 0.6 is 0 Å². The van der Waals surface area contributed by atoms with Gasteiger partial charge in [0.15, 0.2) is 0 Å². The highest BCUT2D eigenvalue weighted by atomic mass is 16.4. The summed E-state index contributed by atoms with van der Waals surface area (Å²) in [6.45, 7) is 0.753. The van der Waals surface area contributed by atoms with Crippen LogP contribution in [-0.4, -0.2) is 23.5 Å². The van der Waals surface area contributed by atoms with Crippen LogP contribution in [0.3, 0.4) is 0 Å². The molecule has 0 aromatic heterocycles. The minimum Gasteiger partial charge on any atom is -0.478 e. The van der Waals surface area contributed by atoms with E-state index in [2.05, 4.69) is 0 Å². The highest BCUT2D eigenvalue weighted by Crippen LogP contribution is 2.31. The van der Waals surface area contributed by atoms with E-state index in [0.717, 1.165) is 12.2 Å². The summed E-state index contributed by atoms with van der Waals surface area (Å²) in [7, 11) is 0. The lowest BCUT2D eigenvalue weighted by Crippen LogP contribution is -2.33. The lowest BCUT2D eigenvalue weighted by Gasteiger charge is -2.23. The monoisotopic (exact) mass is 323 g/mol. The third-order valence-corrected chi connectivity index (χ3v) is 4.36. The minimum absolute atomic E-state index is 0.0493. The number of aryl methyl sites for hydroxylation is 1. The van der Waals surface area contributed by atoms with E-state index in [4.69, 9.17) is 0 Å². The average molecular weight is 323 g/mol. The van der Waals surface area contributed by atoms with E-state index in [-0.39, 0.29) is 11.5 Å². The van der Waals surface area contributed by atoms with Crippen LogP contribution in [-0.2, 0) is 11.2 Å². The van der Waals surface area contributed by atoms with E-state index in [0.29, 0.717) is 24.3 Å². The third kappa shape index (κ3) is 4.02. The molecule has 1 N–H and O–H groups in total. The Balaban J connectivity index is 1.71. The van der Waals surface area contributed by atoms with Crippen LogP contribution in [0.15, 0.2) is 54.6 Å². The van der Waals surface area contributed by atoms with Gasteiger partial charge in [-0.2, -0.15) is 0 Å². The summed E-state index contributed by atoms with van der Waals surface area (Å²) in [5, 5.41) is 9.25. The van der Waals surface area contributed by atoms with Crippen molar-refractivity contribution in [3.8, 4) is 0 Å². The van der Waals surface area contributed by atoms with Crippen LogP contribution in [0.5, 0.6) is 0 Å². The summed E-state index contributed by atoms with van der Waals surface area (Å²) in [6.07, 6.45) is 3.11. The van der Waals surface area contributed by atoms with Crippen LogP contribution in [0.4, 0.5) is 5.69 Å². The van der Waals surface area contributed by atoms with Crippen molar-refractivity contribution in [1.29, 1.82) is 0 Å². The summed E-state index contributed by atoms with van der Waals surface area (Å²) in [6, 6.07) is 16.6. The second-order valence-electron chi connectivity index (χ2n) is 6.25. The number of para-hydroxylation sites is 1. The van der Waals surface area contributed by atoms with Crippen LogP contribution in [0.2, 0.25) is 0 Å². The molecule has 0 saturated heterocycles. The molecule has 0 bridgehead atoms. The normalized spacial score (nSPS) is 13.5. The lowest BCUT2D eigenvalue weighted by atomic mass is 10.0. The molecule has 0 radical (unpaired) electrons. The fraction of sp³-hybridized carbons (Fsp3) is 0.300. The van der Waals surface area contributed by atoms with Gasteiger partial charge in [0.1, 0.15) is 0 Å². The van der Waals surface area contributed by atoms with Gasteiger partial charge in [-0.15, -0.1) is 0 Å².